The lowest BCUT2D eigenvalue weighted by atomic mass is 10.1. The molecule has 0 saturated carbocycles. The van der Waals surface area contributed by atoms with Gasteiger partial charge in [0.05, 0.1) is 29.5 Å². The highest BCUT2D eigenvalue weighted by Crippen LogP contribution is 2.20. The SMILES string of the molecule is O=C(COc1ccc(Cl)c(F)c1)NCCCNC(=O)c1ccc(C2=CCOCC2)nc1. The summed E-state index contributed by atoms with van der Waals surface area (Å²) in [6, 6.07) is 7.53. The van der Waals surface area contributed by atoms with Gasteiger partial charge in [-0.3, -0.25) is 14.6 Å². The van der Waals surface area contributed by atoms with Crippen LogP contribution in [-0.4, -0.2) is 49.7 Å². The van der Waals surface area contributed by atoms with Crippen molar-refractivity contribution in [3.8, 4) is 5.75 Å². The third kappa shape index (κ3) is 7.04. The Labute approximate surface area is 184 Å². The zero-order valence-electron chi connectivity index (χ0n) is 16.8. The topological polar surface area (TPSA) is 89.6 Å². The molecule has 2 heterocycles. The van der Waals surface area contributed by atoms with Crippen molar-refractivity contribution in [1.82, 2.24) is 15.6 Å². The first-order valence-corrected chi connectivity index (χ1v) is 10.3. The first-order valence-electron chi connectivity index (χ1n) is 9.89. The minimum absolute atomic E-state index is 0.0118. The van der Waals surface area contributed by atoms with E-state index in [-0.39, 0.29) is 29.2 Å². The van der Waals surface area contributed by atoms with E-state index in [1.165, 1.54) is 12.1 Å². The second-order valence-corrected chi connectivity index (χ2v) is 7.22. The van der Waals surface area contributed by atoms with Crippen molar-refractivity contribution in [2.75, 3.05) is 32.9 Å². The molecule has 164 valence electrons. The van der Waals surface area contributed by atoms with Crippen LogP contribution in [0, 0.1) is 5.82 Å². The van der Waals surface area contributed by atoms with Crippen LogP contribution < -0.4 is 15.4 Å². The van der Waals surface area contributed by atoms with Crippen molar-refractivity contribution in [2.24, 2.45) is 0 Å². The molecule has 2 aromatic rings. The number of carbonyl (C=O) groups excluding carboxylic acids is 2. The molecular weight excluding hydrogens is 425 g/mol. The molecule has 7 nitrogen and oxygen atoms in total. The summed E-state index contributed by atoms with van der Waals surface area (Å²) in [5.74, 6) is -0.957. The highest BCUT2D eigenvalue weighted by atomic mass is 35.5. The lowest BCUT2D eigenvalue weighted by molar-refractivity contribution is -0.123. The average molecular weight is 448 g/mol. The Hall–Kier alpha value is -2.97. The van der Waals surface area contributed by atoms with Crippen LogP contribution in [0.15, 0.2) is 42.6 Å². The van der Waals surface area contributed by atoms with E-state index in [1.54, 1.807) is 12.3 Å². The number of hydrogen-bond donors (Lipinski definition) is 2. The van der Waals surface area contributed by atoms with Crippen molar-refractivity contribution >= 4 is 29.0 Å². The second-order valence-electron chi connectivity index (χ2n) is 6.81. The molecule has 1 aliphatic rings. The van der Waals surface area contributed by atoms with Crippen LogP contribution in [0.2, 0.25) is 5.02 Å². The number of rotatable bonds is 9. The number of nitrogens with zero attached hydrogens (tertiary/aromatic N) is 1. The van der Waals surface area contributed by atoms with E-state index in [4.69, 9.17) is 21.1 Å². The third-order valence-corrected chi connectivity index (χ3v) is 4.85. The van der Waals surface area contributed by atoms with Gasteiger partial charge < -0.3 is 20.1 Å². The van der Waals surface area contributed by atoms with Crippen LogP contribution in [0.1, 0.15) is 28.9 Å². The molecule has 1 aromatic heterocycles. The number of benzene rings is 1. The lowest BCUT2D eigenvalue weighted by Gasteiger charge is -2.13. The Balaban J connectivity index is 1.32. The van der Waals surface area contributed by atoms with E-state index in [0.717, 1.165) is 23.8 Å². The number of amides is 2. The second kappa shape index (κ2) is 11.4. The van der Waals surface area contributed by atoms with Gasteiger partial charge in [0.15, 0.2) is 6.61 Å². The summed E-state index contributed by atoms with van der Waals surface area (Å²) in [6.07, 6.45) is 4.91. The molecule has 0 atom stereocenters. The number of hydrogen-bond acceptors (Lipinski definition) is 5. The molecule has 1 aromatic carbocycles. The molecule has 1 aliphatic heterocycles. The third-order valence-electron chi connectivity index (χ3n) is 4.54. The van der Waals surface area contributed by atoms with E-state index in [2.05, 4.69) is 15.6 Å². The molecule has 0 saturated heterocycles. The Morgan fingerprint density at radius 2 is 2.03 bits per heavy atom. The summed E-state index contributed by atoms with van der Waals surface area (Å²) in [5, 5.41) is 5.45. The fourth-order valence-electron chi connectivity index (χ4n) is 2.86. The number of aromatic nitrogens is 1. The smallest absolute Gasteiger partial charge is 0.257 e. The fraction of sp³-hybridized carbons (Fsp3) is 0.318. The molecule has 0 fully saturated rings. The highest BCUT2D eigenvalue weighted by molar-refractivity contribution is 6.30. The van der Waals surface area contributed by atoms with Gasteiger partial charge >= 0.3 is 0 Å². The average Bonchev–Trinajstić information content (AvgIpc) is 2.80. The predicted octanol–water partition coefficient (Wildman–Crippen LogP) is 2.99. The van der Waals surface area contributed by atoms with Gasteiger partial charge in [-0.1, -0.05) is 17.7 Å². The van der Waals surface area contributed by atoms with Gasteiger partial charge in [0.1, 0.15) is 11.6 Å². The van der Waals surface area contributed by atoms with Crippen molar-refractivity contribution in [3.05, 3.63) is 64.7 Å². The molecule has 0 spiro atoms. The highest BCUT2D eigenvalue weighted by Gasteiger charge is 2.10. The fourth-order valence-corrected chi connectivity index (χ4v) is 2.98. The lowest BCUT2D eigenvalue weighted by Crippen LogP contribution is -2.32. The van der Waals surface area contributed by atoms with E-state index in [9.17, 15) is 14.0 Å². The zero-order chi connectivity index (χ0) is 22.1. The van der Waals surface area contributed by atoms with Gasteiger partial charge in [0.25, 0.3) is 11.8 Å². The predicted molar refractivity (Wildman–Crippen MR) is 115 cm³/mol. The van der Waals surface area contributed by atoms with E-state index >= 15 is 0 Å². The van der Waals surface area contributed by atoms with E-state index in [0.29, 0.717) is 38.3 Å². The molecule has 0 aliphatic carbocycles. The van der Waals surface area contributed by atoms with Crippen LogP contribution in [0.25, 0.3) is 5.57 Å². The first-order chi connectivity index (χ1) is 15.0. The maximum atomic E-state index is 13.3. The quantitative estimate of drug-likeness (QED) is 0.577. The molecular formula is C22H23ClFN3O4. The van der Waals surface area contributed by atoms with Gasteiger partial charge in [0.2, 0.25) is 0 Å². The minimum atomic E-state index is -0.610. The maximum Gasteiger partial charge on any atom is 0.257 e. The standard InChI is InChI=1S/C22H23ClFN3O4/c23-18-4-3-17(12-19(18)24)31-14-21(28)25-8-1-9-26-22(29)16-2-5-20(27-13-16)15-6-10-30-11-7-15/h2-6,12-13H,1,7-11,14H2,(H,25,28)(H,26,29). The normalized spacial score (nSPS) is 13.3. The summed E-state index contributed by atoms with van der Waals surface area (Å²) in [5.41, 5.74) is 2.45. The number of pyridine rings is 1. The molecule has 3 rings (SSSR count). The molecule has 2 N–H and O–H groups in total. The van der Waals surface area contributed by atoms with Crippen LogP contribution in [0.3, 0.4) is 0 Å². The summed E-state index contributed by atoms with van der Waals surface area (Å²) in [6.45, 7) is 1.78. The first kappa shape index (κ1) is 22.7. The van der Waals surface area contributed by atoms with Crippen molar-refractivity contribution in [3.63, 3.8) is 0 Å². The summed E-state index contributed by atoms with van der Waals surface area (Å²) < 4.78 is 23.8. The number of ether oxygens (including phenoxy) is 2. The summed E-state index contributed by atoms with van der Waals surface area (Å²) in [7, 11) is 0. The summed E-state index contributed by atoms with van der Waals surface area (Å²) in [4.78, 5) is 28.4. The van der Waals surface area contributed by atoms with Gasteiger partial charge in [-0.25, -0.2) is 4.39 Å². The molecule has 0 bridgehead atoms. The van der Waals surface area contributed by atoms with Crippen LogP contribution in [0.5, 0.6) is 5.75 Å². The van der Waals surface area contributed by atoms with Crippen molar-refractivity contribution < 1.29 is 23.5 Å². The van der Waals surface area contributed by atoms with Gasteiger partial charge in [-0.2, -0.15) is 0 Å². The number of carbonyl (C=O) groups is 2. The minimum Gasteiger partial charge on any atom is -0.484 e. The molecule has 0 radical (unpaired) electrons. The van der Waals surface area contributed by atoms with Gasteiger partial charge in [-0.05, 0) is 42.7 Å². The van der Waals surface area contributed by atoms with Crippen molar-refractivity contribution in [2.45, 2.75) is 12.8 Å². The van der Waals surface area contributed by atoms with Crippen LogP contribution in [-0.2, 0) is 9.53 Å². The number of halogens is 2. The summed E-state index contributed by atoms with van der Waals surface area (Å²) >= 11 is 5.59. The van der Waals surface area contributed by atoms with E-state index in [1.807, 2.05) is 12.1 Å². The number of nitrogens with one attached hydrogen (secondary N) is 2. The van der Waals surface area contributed by atoms with Gasteiger partial charge in [0, 0.05) is 25.4 Å². The van der Waals surface area contributed by atoms with Crippen LogP contribution >= 0.6 is 11.6 Å². The molecule has 2 amide bonds. The monoisotopic (exact) mass is 447 g/mol. The van der Waals surface area contributed by atoms with Gasteiger partial charge in [-0.15, -0.1) is 0 Å². The Bertz CT molecular complexity index is 950. The Morgan fingerprint density at radius 3 is 2.74 bits per heavy atom. The largest absolute Gasteiger partial charge is 0.484 e. The Morgan fingerprint density at radius 1 is 1.19 bits per heavy atom. The maximum absolute atomic E-state index is 13.3. The molecule has 31 heavy (non-hydrogen) atoms. The van der Waals surface area contributed by atoms with Crippen molar-refractivity contribution in [1.29, 1.82) is 0 Å². The van der Waals surface area contributed by atoms with E-state index < -0.39 is 5.82 Å². The zero-order valence-corrected chi connectivity index (χ0v) is 17.6. The van der Waals surface area contributed by atoms with Crippen LogP contribution in [0.4, 0.5) is 4.39 Å². The molecule has 0 unspecified atom stereocenters. The Kier molecular flexibility index (Phi) is 8.37. The molecule has 9 heteroatoms.